The standard InChI is InChI=1S/C13H14ClN3O2/c1-4-11-10(7-18)15-16-17(11)12-5-8(2)9(14)6-13(12)19-3/h5-7H,4H2,1-3H3. The summed E-state index contributed by atoms with van der Waals surface area (Å²) in [6.07, 6.45) is 1.35. The van der Waals surface area contributed by atoms with Crippen LogP contribution in [0.25, 0.3) is 5.69 Å². The molecule has 0 aliphatic carbocycles. The number of carbonyl (C=O) groups excluding carboxylic acids is 1. The monoisotopic (exact) mass is 279 g/mol. The minimum absolute atomic E-state index is 0.345. The molecule has 0 saturated heterocycles. The molecule has 100 valence electrons. The first-order chi connectivity index (χ1) is 9.12. The Bertz CT molecular complexity index is 623. The summed E-state index contributed by atoms with van der Waals surface area (Å²) in [4.78, 5) is 10.9. The van der Waals surface area contributed by atoms with Gasteiger partial charge in [-0.25, -0.2) is 4.68 Å². The van der Waals surface area contributed by atoms with Crippen molar-refractivity contribution in [2.75, 3.05) is 7.11 Å². The van der Waals surface area contributed by atoms with Crippen LogP contribution in [0.1, 0.15) is 28.7 Å². The van der Waals surface area contributed by atoms with E-state index in [2.05, 4.69) is 10.3 Å². The highest BCUT2D eigenvalue weighted by atomic mass is 35.5. The maximum atomic E-state index is 10.9. The number of aldehydes is 1. The molecule has 0 N–H and O–H groups in total. The van der Waals surface area contributed by atoms with Crippen LogP contribution in [0.5, 0.6) is 5.75 Å². The van der Waals surface area contributed by atoms with Crippen LogP contribution in [0.4, 0.5) is 0 Å². The highest BCUT2D eigenvalue weighted by Gasteiger charge is 2.16. The van der Waals surface area contributed by atoms with Crippen LogP contribution in [-0.2, 0) is 6.42 Å². The van der Waals surface area contributed by atoms with Gasteiger partial charge in [-0.3, -0.25) is 4.79 Å². The molecule has 0 amide bonds. The summed E-state index contributed by atoms with van der Waals surface area (Å²) >= 11 is 6.08. The normalized spacial score (nSPS) is 10.5. The highest BCUT2D eigenvalue weighted by molar-refractivity contribution is 6.31. The summed E-state index contributed by atoms with van der Waals surface area (Å²) in [6.45, 7) is 3.84. The molecule has 6 heteroatoms. The minimum atomic E-state index is 0.345. The molecule has 19 heavy (non-hydrogen) atoms. The molecule has 1 heterocycles. The van der Waals surface area contributed by atoms with Crippen LogP contribution in [-0.4, -0.2) is 28.4 Å². The Morgan fingerprint density at radius 2 is 2.21 bits per heavy atom. The Labute approximate surface area is 116 Å². The van der Waals surface area contributed by atoms with Crippen molar-refractivity contribution in [3.8, 4) is 11.4 Å². The van der Waals surface area contributed by atoms with Gasteiger partial charge in [0.15, 0.2) is 6.29 Å². The van der Waals surface area contributed by atoms with Crippen molar-refractivity contribution in [3.05, 3.63) is 34.1 Å². The number of hydrogen-bond acceptors (Lipinski definition) is 4. The summed E-state index contributed by atoms with van der Waals surface area (Å²) in [6, 6.07) is 3.59. The van der Waals surface area contributed by atoms with Gasteiger partial charge in [0.2, 0.25) is 0 Å². The number of rotatable bonds is 4. The molecular formula is C13H14ClN3O2. The van der Waals surface area contributed by atoms with E-state index < -0.39 is 0 Å². The van der Waals surface area contributed by atoms with Crippen LogP contribution in [0.3, 0.4) is 0 Å². The molecule has 0 saturated carbocycles. The second kappa shape index (κ2) is 5.40. The zero-order valence-electron chi connectivity index (χ0n) is 11.0. The molecule has 0 spiro atoms. The van der Waals surface area contributed by atoms with E-state index in [9.17, 15) is 4.79 Å². The number of carbonyl (C=O) groups is 1. The van der Waals surface area contributed by atoms with Crippen molar-refractivity contribution >= 4 is 17.9 Å². The molecule has 0 aliphatic rings. The number of nitrogens with zero attached hydrogens (tertiary/aromatic N) is 3. The van der Waals surface area contributed by atoms with Crippen LogP contribution >= 0.6 is 11.6 Å². The van der Waals surface area contributed by atoms with Crippen molar-refractivity contribution in [3.63, 3.8) is 0 Å². The van der Waals surface area contributed by atoms with E-state index in [4.69, 9.17) is 16.3 Å². The van der Waals surface area contributed by atoms with E-state index in [1.165, 1.54) is 0 Å². The molecule has 2 rings (SSSR count). The Hall–Kier alpha value is -1.88. The third-order valence-electron chi connectivity index (χ3n) is 2.93. The van der Waals surface area contributed by atoms with Gasteiger partial charge in [-0.1, -0.05) is 23.7 Å². The largest absolute Gasteiger partial charge is 0.494 e. The van der Waals surface area contributed by atoms with E-state index in [0.717, 1.165) is 16.9 Å². The fraction of sp³-hybridized carbons (Fsp3) is 0.308. The summed E-state index contributed by atoms with van der Waals surface area (Å²) < 4.78 is 6.93. The number of aryl methyl sites for hydroxylation is 1. The average Bonchev–Trinajstić information content (AvgIpc) is 2.83. The molecule has 0 atom stereocenters. The molecule has 1 aromatic carbocycles. The first-order valence-electron chi connectivity index (χ1n) is 5.86. The van der Waals surface area contributed by atoms with Gasteiger partial charge in [0.05, 0.1) is 12.8 Å². The topological polar surface area (TPSA) is 57.0 Å². The number of methoxy groups -OCH3 is 1. The van der Waals surface area contributed by atoms with E-state index >= 15 is 0 Å². The second-order valence-electron chi connectivity index (χ2n) is 4.08. The molecule has 2 aromatic rings. The molecule has 5 nitrogen and oxygen atoms in total. The van der Waals surface area contributed by atoms with Crippen LogP contribution in [0.2, 0.25) is 5.02 Å². The number of ether oxygens (including phenoxy) is 1. The van der Waals surface area contributed by atoms with E-state index in [0.29, 0.717) is 29.2 Å². The van der Waals surface area contributed by atoms with Gasteiger partial charge in [-0.2, -0.15) is 0 Å². The molecule has 0 radical (unpaired) electrons. The lowest BCUT2D eigenvalue weighted by Gasteiger charge is -2.12. The van der Waals surface area contributed by atoms with Gasteiger partial charge in [-0.15, -0.1) is 5.10 Å². The number of halogens is 1. The van der Waals surface area contributed by atoms with Crippen LogP contribution in [0, 0.1) is 6.92 Å². The Morgan fingerprint density at radius 3 is 2.79 bits per heavy atom. The van der Waals surface area contributed by atoms with E-state index in [-0.39, 0.29) is 0 Å². The van der Waals surface area contributed by atoms with Gasteiger partial charge in [0.1, 0.15) is 17.1 Å². The van der Waals surface area contributed by atoms with Gasteiger partial charge in [0.25, 0.3) is 0 Å². The molecule has 0 fully saturated rings. The second-order valence-corrected chi connectivity index (χ2v) is 4.49. The van der Waals surface area contributed by atoms with Crippen molar-refractivity contribution in [1.29, 1.82) is 0 Å². The average molecular weight is 280 g/mol. The Balaban J connectivity index is 2.67. The molecule has 0 aliphatic heterocycles. The zero-order chi connectivity index (χ0) is 14.0. The predicted octanol–water partition coefficient (Wildman–Crippen LogP) is 2.61. The van der Waals surface area contributed by atoms with E-state index in [1.807, 2.05) is 19.9 Å². The fourth-order valence-electron chi connectivity index (χ4n) is 1.91. The Kier molecular flexibility index (Phi) is 3.85. The maximum absolute atomic E-state index is 10.9. The maximum Gasteiger partial charge on any atom is 0.172 e. The van der Waals surface area contributed by atoms with Crippen LogP contribution in [0.15, 0.2) is 12.1 Å². The smallest absolute Gasteiger partial charge is 0.172 e. The van der Waals surface area contributed by atoms with Gasteiger partial charge in [0, 0.05) is 11.1 Å². The molecular weight excluding hydrogens is 266 g/mol. The highest BCUT2D eigenvalue weighted by Crippen LogP contribution is 2.30. The lowest BCUT2D eigenvalue weighted by atomic mass is 10.2. The molecule has 0 unspecified atom stereocenters. The predicted molar refractivity (Wildman–Crippen MR) is 72.4 cm³/mol. The van der Waals surface area contributed by atoms with Crippen molar-refractivity contribution in [1.82, 2.24) is 15.0 Å². The van der Waals surface area contributed by atoms with Crippen molar-refractivity contribution < 1.29 is 9.53 Å². The quantitative estimate of drug-likeness (QED) is 0.807. The third kappa shape index (κ3) is 2.33. The van der Waals surface area contributed by atoms with Gasteiger partial charge in [-0.05, 0) is 25.0 Å². The van der Waals surface area contributed by atoms with Gasteiger partial charge < -0.3 is 4.74 Å². The summed E-state index contributed by atoms with van der Waals surface area (Å²) in [5, 5.41) is 8.51. The zero-order valence-corrected chi connectivity index (χ0v) is 11.7. The summed E-state index contributed by atoms with van der Waals surface area (Å²) in [7, 11) is 1.56. The van der Waals surface area contributed by atoms with Crippen molar-refractivity contribution in [2.24, 2.45) is 0 Å². The number of aromatic nitrogens is 3. The third-order valence-corrected chi connectivity index (χ3v) is 3.34. The fourth-order valence-corrected chi connectivity index (χ4v) is 2.06. The Morgan fingerprint density at radius 1 is 1.47 bits per heavy atom. The SMILES string of the molecule is CCc1c(C=O)nnn1-c1cc(C)c(Cl)cc1OC. The number of benzene rings is 1. The lowest BCUT2D eigenvalue weighted by Crippen LogP contribution is -2.05. The molecule has 0 bridgehead atoms. The van der Waals surface area contributed by atoms with E-state index in [1.54, 1.807) is 17.9 Å². The molecule has 1 aromatic heterocycles. The van der Waals surface area contributed by atoms with Gasteiger partial charge >= 0.3 is 0 Å². The first-order valence-corrected chi connectivity index (χ1v) is 6.24. The summed E-state index contributed by atoms with van der Waals surface area (Å²) in [5.74, 6) is 0.590. The summed E-state index contributed by atoms with van der Waals surface area (Å²) in [5.41, 5.74) is 2.72. The van der Waals surface area contributed by atoms with Crippen LogP contribution < -0.4 is 4.74 Å². The minimum Gasteiger partial charge on any atom is -0.494 e. The van der Waals surface area contributed by atoms with Crippen molar-refractivity contribution in [2.45, 2.75) is 20.3 Å². The lowest BCUT2D eigenvalue weighted by molar-refractivity contribution is 0.111. The number of hydrogen-bond donors (Lipinski definition) is 0. The first kappa shape index (κ1) is 13.5.